The summed E-state index contributed by atoms with van der Waals surface area (Å²) in [6.45, 7) is -3.41. The summed E-state index contributed by atoms with van der Waals surface area (Å²) in [7, 11) is -5.29. The third-order valence-corrected chi connectivity index (χ3v) is 6.17. The van der Waals surface area contributed by atoms with Crippen molar-refractivity contribution in [2.75, 3.05) is 19.8 Å². The summed E-state index contributed by atoms with van der Waals surface area (Å²) in [6.07, 6.45) is -19.1. The average molecular weight is 567 g/mol. The number of nitrogens with one attached hydrogen (secondary N) is 1. The SMILES string of the molecule is O=C(CO)N[C@H]1[C@H]([C@H](O)[C@@H](CO)OS(=O)(=O)O)O[C@@](OC[C@H]2O[C@@H](O)[C@H](O)[C@@H](O)[C@@H]2O)(C(=O)O)C[C@@H]1O. The lowest BCUT2D eigenvalue weighted by molar-refractivity contribution is -0.334. The number of carbonyl (C=O) groups excluding carboxylic acids is 1. The summed E-state index contributed by atoms with van der Waals surface area (Å²) in [6, 6.07) is -1.76. The van der Waals surface area contributed by atoms with Crippen molar-refractivity contribution in [1.82, 2.24) is 5.32 Å². The van der Waals surface area contributed by atoms with Gasteiger partial charge in [-0.25, -0.2) is 8.98 Å². The predicted octanol–water partition coefficient (Wildman–Crippen LogP) is -7.25. The van der Waals surface area contributed by atoms with Crippen LogP contribution in [-0.2, 0) is 38.4 Å². The fourth-order valence-corrected chi connectivity index (χ4v) is 4.28. The van der Waals surface area contributed by atoms with E-state index in [9.17, 15) is 58.9 Å². The molecule has 20 heteroatoms. The zero-order valence-electron chi connectivity index (χ0n) is 18.7. The van der Waals surface area contributed by atoms with Gasteiger partial charge < -0.3 is 65.5 Å². The maximum Gasteiger partial charge on any atom is 0.397 e. The fraction of sp³-hybridized carbons (Fsp3) is 0.882. The Hall–Kier alpha value is -1.63. The van der Waals surface area contributed by atoms with Crippen molar-refractivity contribution in [1.29, 1.82) is 0 Å². The smallest absolute Gasteiger partial charge is 0.397 e. The van der Waals surface area contributed by atoms with Crippen LogP contribution in [0.3, 0.4) is 0 Å². The van der Waals surface area contributed by atoms with Gasteiger partial charge in [-0.3, -0.25) is 9.35 Å². The second kappa shape index (κ2) is 12.5. The minimum Gasteiger partial charge on any atom is -0.477 e. The third-order valence-electron chi connectivity index (χ3n) is 5.68. The number of hydrogen-bond donors (Lipinski definition) is 11. The van der Waals surface area contributed by atoms with Gasteiger partial charge in [0, 0.05) is 6.42 Å². The van der Waals surface area contributed by atoms with Crippen LogP contribution in [0, 0.1) is 0 Å². The molecular weight excluding hydrogens is 538 g/mol. The minimum absolute atomic E-state index is 0.970. The summed E-state index contributed by atoms with van der Waals surface area (Å²) in [5, 5.41) is 90.5. The second-order valence-corrected chi connectivity index (χ2v) is 9.29. The van der Waals surface area contributed by atoms with Crippen LogP contribution in [0.25, 0.3) is 0 Å². The number of amides is 1. The van der Waals surface area contributed by atoms with Crippen molar-refractivity contribution >= 4 is 22.3 Å². The topological polar surface area (TPSA) is 320 Å². The Labute approximate surface area is 208 Å². The Balaban J connectivity index is 2.37. The molecule has 0 spiro atoms. The maximum atomic E-state index is 12.1. The average Bonchev–Trinajstić information content (AvgIpc) is 2.82. The lowest BCUT2D eigenvalue weighted by Gasteiger charge is -2.47. The van der Waals surface area contributed by atoms with Gasteiger partial charge in [0.25, 0.3) is 5.79 Å². The number of carboxylic acids is 1. The number of carboxylic acid groups (broad SMARTS) is 1. The van der Waals surface area contributed by atoms with Crippen LogP contribution < -0.4 is 5.32 Å². The molecule has 2 aliphatic rings. The minimum atomic E-state index is -5.29. The zero-order chi connectivity index (χ0) is 28.3. The molecule has 19 nitrogen and oxygen atoms in total. The molecule has 2 saturated heterocycles. The molecule has 2 heterocycles. The molecule has 0 aromatic heterocycles. The highest BCUT2D eigenvalue weighted by atomic mass is 32.3. The third kappa shape index (κ3) is 7.48. The molecule has 2 fully saturated rings. The molecule has 2 aliphatic heterocycles. The Morgan fingerprint density at radius 1 is 1.08 bits per heavy atom. The Bertz CT molecular complexity index is 903. The molecule has 0 aromatic carbocycles. The van der Waals surface area contributed by atoms with Crippen molar-refractivity contribution in [3.63, 3.8) is 0 Å². The molecule has 0 bridgehead atoms. The highest BCUT2D eigenvalue weighted by Gasteiger charge is 2.57. The molecule has 11 N–H and O–H groups in total. The quantitative estimate of drug-likeness (QED) is 0.103. The number of hydrogen-bond acceptors (Lipinski definition) is 16. The van der Waals surface area contributed by atoms with E-state index in [2.05, 4.69) is 4.18 Å². The molecule has 11 atom stereocenters. The standard InChI is InChI=1S/C17H29NO18S/c19-2-6(36-37(30,31)32)11(24)14-9(18-8(22)3-20)5(21)1-17(35-14,16(28)29)33-4-7-10(23)12(25)13(26)15(27)34-7/h5-7,9-15,19-21,23-27H,1-4H2,(H,18,22)(H,28,29)(H,30,31,32)/t5-,6+,7+,9+,10+,11+,12-,13+,14+,15+,17+/m0/s1. The normalized spacial score (nSPS) is 38.5. The van der Waals surface area contributed by atoms with E-state index in [1.54, 1.807) is 0 Å². The number of aliphatic hydroxyl groups excluding tert-OH is 8. The van der Waals surface area contributed by atoms with Crippen LogP contribution in [0.2, 0.25) is 0 Å². The van der Waals surface area contributed by atoms with E-state index in [4.69, 9.17) is 23.9 Å². The summed E-state index contributed by atoms with van der Waals surface area (Å²) < 4.78 is 50.6. The van der Waals surface area contributed by atoms with E-state index in [0.29, 0.717) is 0 Å². The summed E-state index contributed by atoms with van der Waals surface area (Å²) in [4.78, 5) is 23.9. The van der Waals surface area contributed by atoms with Crippen LogP contribution in [0.15, 0.2) is 0 Å². The van der Waals surface area contributed by atoms with Crippen molar-refractivity contribution in [2.24, 2.45) is 0 Å². The molecule has 0 saturated carbocycles. The number of aliphatic hydroxyl groups is 8. The van der Waals surface area contributed by atoms with E-state index < -0.39 is 115 Å². The largest absolute Gasteiger partial charge is 0.477 e. The summed E-state index contributed by atoms with van der Waals surface area (Å²) in [5.74, 6) is -6.04. The molecule has 2 rings (SSSR count). The van der Waals surface area contributed by atoms with E-state index >= 15 is 0 Å². The first kappa shape index (κ1) is 31.6. The monoisotopic (exact) mass is 567 g/mol. The molecule has 37 heavy (non-hydrogen) atoms. The van der Waals surface area contributed by atoms with Gasteiger partial charge in [0.05, 0.1) is 25.4 Å². The van der Waals surface area contributed by atoms with Gasteiger partial charge in [-0.1, -0.05) is 0 Å². The van der Waals surface area contributed by atoms with Crippen LogP contribution >= 0.6 is 0 Å². The number of ether oxygens (including phenoxy) is 3. The second-order valence-electron chi connectivity index (χ2n) is 8.25. The number of aliphatic carboxylic acids is 1. The Morgan fingerprint density at radius 3 is 2.22 bits per heavy atom. The van der Waals surface area contributed by atoms with Gasteiger partial charge in [0.1, 0.15) is 49.3 Å². The summed E-state index contributed by atoms with van der Waals surface area (Å²) in [5.41, 5.74) is 0. The Morgan fingerprint density at radius 2 is 1.70 bits per heavy atom. The van der Waals surface area contributed by atoms with Gasteiger partial charge in [0.2, 0.25) is 5.91 Å². The first-order chi connectivity index (χ1) is 17.1. The van der Waals surface area contributed by atoms with Crippen LogP contribution in [0.4, 0.5) is 0 Å². The van der Waals surface area contributed by atoms with Crippen LogP contribution in [0.1, 0.15) is 6.42 Å². The lowest BCUT2D eigenvalue weighted by Crippen LogP contribution is -2.69. The maximum absolute atomic E-state index is 12.1. The van der Waals surface area contributed by atoms with E-state index in [1.165, 1.54) is 0 Å². The van der Waals surface area contributed by atoms with Crippen molar-refractivity contribution < 1.29 is 86.9 Å². The molecule has 0 radical (unpaired) electrons. The highest BCUT2D eigenvalue weighted by Crippen LogP contribution is 2.35. The van der Waals surface area contributed by atoms with Gasteiger partial charge in [-0.05, 0) is 0 Å². The van der Waals surface area contributed by atoms with Gasteiger partial charge in [-0.2, -0.15) is 8.42 Å². The van der Waals surface area contributed by atoms with Crippen LogP contribution in [-0.4, -0.2) is 158 Å². The number of carbonyl (C=O) groups is 2. The van der Waals surface area contributed by atoms with Gasteiger partial charge >= 0.3 is 16.4 Å². The first-order valence-electron chi connectivity index (χ1n) is 10.5. The molecule has 0 aromatic rings. The fourth-order valence-electron chi connectivity index (χ4n) is 3.80. The molecule has 216 valence electrons. The van der Waals surface area contributed by atoms with Gasteiger partial charge in [0.15, 0.2) is 6.29 Å². The van der Waals surface area contributed by atoms with E-state index in [0.717, 1.165) is 0 Å². The van der Waals surface area contributed by atoms with Crippen molar-refractivity contribution in [2.45, 2.75) is 73.4 Å². The predicted molar refractivity (Wildman–Crippen MR) is 109 cm³/mol. The molecule has 0 aliphatic carbocycles. The lowest BCUT2D eigenvalue weighted by atomic mass is 9.88. The molecule has 1 amide bonds. The van der Waals surface area contributed by atoms with Gasteiger partial charge in [-0.15, -0.1) is 0 Å². The summed E-state index contributed by atoms with van der Waals surface area (Å²) >= 11 is 0. The number of rotatable bonds is 11. The molecular formula is C17H29NO18S. The van der Waals surface area contributed by atoms with E-state index in [-0.39, 0.29) is 0 Å². The zero-order valence-corrected chi connectivity index (χ0v) is 19.6. The van der Waals surface area contributed by atoms with Crippen molar-refractivity contribution in [3.8, 4) is 0 Å². The van der Waals surface area contributed by atoms with Crippen LogP contribution in [0.5, 0.6) is 0 Å². The van der Waals surface area contributed by atoms with E-state index in [1.807, 2.05) is 5.32 Å². The van der Waals surface area contributed by atoms with Crippen molar-refractivity contribution in [3.05, 3.63) is 0 Å². The first-order valence-corrected chi connectivity index (χ1v) is 11.9. The Kier molecular flexibility index (Phi) is 10.7. The molecule has 0 unspecified atom stereocenters. The highest BCUT2D eigenvalue weighted by molar-refractivity contribution is 7.80.